The fraction of sp³-hybridized carbons (Fsp3) is 0.682. The topological polar surface area (TPSA) is 20.3 Å². The van der Waals surface area contributed by atoms with Gasteiger partial charge in [-0.15, -0.1) is 0 Å². The van der Waals surface area contributed by atoms with Gasteiger partial charge in [0.2, 0.25) is 5.91 Å². The van der Waals surface area contributed by atoms with Crippen LogP contribution in [-0.4, -0.2) is 11.9 Å². The lowest BCUT2D eigenvalue weighted by atomic mass is 9.80. The quantitative estimate of drug-likeness (QED) is 0.534. The van der Waals surface area contributed by atoms with Crippen LogP contribution >= 0.6 is 0 Å². The zero-order valence-corrected chi connectivity index (χ0v) is 17.2. The summed E-state index contributed by atoms with van der Waals surface area (Å²) in [6.07, 6.45) is 4.62. The Labute approximate surface area is 153 Å². The van der Waals surface area contributed by atoms with Crippen LogP contribution in [0.5, 0.6) is 0 Å². The van der Waals surface area contributed by atoms with E-state index < -0.39 is 0 Å². The maximum absolute atomic E-state index is 14.0. The molecule has 0 aliphatic carbocycles. The molecule has 0 aliphatic heterocycles. The summed E-state index contributed by atoms with van der Waals surface area (Å²) in [5.74, 6) is -0.142. The number of anilines is 1. The Morgan fingerprint density at radius 1 is 1.12 bits per heavy atom. The summed E-state index contributed by atoms with van der Waals surface area (Å²) in [4.78, 5) is 15.4. The van der Waals surface area contributed by atoms with Gasteiger partial charge in [0.25, 0.3) is 0 Å². The molecule has 1 rings (SSSR count). The van der Waals surface area contributed by atoms with Crippen molar-refractivity contribution in [2.24, 2.45) is 11.3 Å². The summed E-state index contributed by atoms with van der Waals surface area (Å²) in [5, 5.41) is 0. The van der Waals surface area contributed by atoms with Crippen LogP contribution < -0.4 is 4.90 Å². The Bertz CT molecular complexity index is 556. The first-order chi connectivity index (χ1) is 11.7. The van der Waals surface area contributed by atoms with Crippen LogP contribution in [0.25, 0.3) is 0 Å². The highest BCUT2D eigenvalue weighted by Gasteiger charge is 2.34. The van der Waals surface area contributed by atoms with Gasteiger partial charge in [-0.2, -0.15) is 0 Å². The molecule has 0 saturated heterocycles. The molecule has 1 unspecified atom stereocenters. The highest BCUT2D eigenvalue weighted by molar-refractivity contribution is 5.96. The van der Waals surface area contributed by atoms with Crippen molar-refractivity contribution < 1.29 is 9.18 Å². The van der Waals surface area contributed by atoms with Crippen LogP contribution in [0.3, 0.4) is 0 Å². The van der Waals surface area contributed by atoms with Gasteiger partial charge < -0.3 is 4.90 Å². The van der Waals surface area contributed by atoms with Gasteiger partial charge in [-0.25, -0.2) is 4.39 Å². The standard InChI is InChI=1S/C22H36FNO/c1-8-11-18(12-9-2)24(21(25)16(4)22(5,6)7)19-13-14-20(23)17(10-3)15-19/h13-16,18H,8-12H2,1-7H3. The summed E-state index contributed by atoms with van der Waals surface area (Å²) < 4.78 is 14.0. The predicted octanol–water partition coefficient (Wildman–Crippen LogP) is 6.37. The van der Waals surface area contributed by atoms with Crippen molar-refractivity contribution in [2.45, 2.75) is 86.6 Å². The Morgan fingerprint density at radius 2 is 1.68 bits per heavy atom. The molecule has 0 heterocycles. The van der Waals surface area contributed by atoms with Crippen LogP contribution in [0.2, 0.25) is 0 Å². The van der Waals surface area contributed by atoms with E-state index in [2.05, 4.69) is 34.6 Å². The number of rotatable bonds is 8. The molecule has 25 heavy (non-hydrogen) atoms. The molecule has 0 saturated carbocycles. The third kappa shape index (κ3) is 5.55. The van der Waals surface area contributed by atoms with Gasteiger partial charge >= 0.3 is 0 Å². The van der Waals surface area contributed by atoms with Crippen LogP contribution in [0.4, 0.5) is 10.1 Å². The van der Waals surface area contributed by atoms with E-state index in [-0.39, 0.29) is 29.1 Å². The van der Waals surface area contributed by atoms with E-state index in [9.17, 15) is 9.18 Å². The second kappa shape index (κ2) is 9.35. The summed E-state index contributed by atoms with van der Waals surface area (Å²) in [6, 6.07) is 5.30. The number of hydrogen-bond donors (Lipinski definition) is 0. The lowest BCUT2D eigenvalue weighted by Crippen LogP contribution is -2.46. The second-order valence-electron chi connectivity index (χ2n) is 8.16. The molecule has 1 atom stereocenters. The number of carbonyl (C=O) groups is 1. The molecule has 1 aromatic rings. The van der Waals surface area contributed by atoms with E-state index in [4.69, 9.17) is 0 Å². The molecule has 1 aromatic carbocycles. The number of benzene rings is 1. The van der Waals surface area contributed by atoms with Crippen molar-refractivity contribution >= 4 is 11.6 Å². The molecule has 2 nitrogen and oxygen atoms in total. The molecular formula is C22H36FNO. The van der Waals surface area contributed by atoms with Gasteiger partial charge in [-0.3, -0.25) is 4.79 Å². The number of amides is 1. The van der Waals surface area contributed by atoms with E-state index in [1.165, 1.54) is 6.07 Å². The molecule has 0 fully saturated rings. The second-order valence-corrected chi connectivity index (χ2v) is 8.16. The van der Waals surface area contributed by atoms with Crippen molar-refractivity contribution in [2.75, 3.05) is 4.90 Å². The molecule has 0 aliphatic rings. The molecule has 0 N–H and O–H groups in total. The van der Waals surface area contributed by atoms with Crippen molar-refractivity contribution in [1.29, 1.82) is 0 Å². The zero-order chi connectivity index (χ0) is 19.2. The van der Waals surface area contributed by atoms with Gasteiger partial charge in [0, 0.05) is 17.6 Å². The third-order valence-electron chi connectivity index (χ3n) is 5.20. The molecule has 0 bridgehead atoms. The molecular weight excluding hydrogens is 313 g/mol. The highest BCUT2D eigenvalue weighted by Crippen LogP contribution is 2.32. The Balaban J connectivity index is 3.38. The van der Waals surface area contributed by atoms with E-state index in [0.29, 0.717) is 12.0 Å². The van der Waals surface area contributed by atoms with E-state index in [0.717, 1.165) is 31.4 Å². The molecule has 0 radical (unpaired) electrons. The smallest absolute Gasteiger partial charge is 0.230 e. The molecule has 0 aromatic heterocycles. The average molecular weight is 350 g/mol. The maximum Gasteiger partial charge on any atom is 0.230 e. The van der Waals surface area contributed by atoms with Crippen molar-refractivity contribution in [3.8, 4) is 0 Å². The average Bonchev–Trinajstić information content (AvgIpc) is 2.55. The SMILES string of the molecule is CCCC(CCC)N(C(=O)C(C)C(C)(C)C)c1ccc(F)c(CC)c1. The fourth-order valence-electron chi connectivity index (χ4n) is 3.15. The third-order valence-corrected chi connectivity index (χ3v) is 5.20. The molecule has 3 heteroatoms. The number of nitrogens with zero attached hydrogens (tertiary/aromatic N) is 1. The first-order valence-corrected chi connectivity index (χ1v) is 9.78. The normalized spacial score (nSPS) is 13.2. The lowest BCUT2D eigenvalue weighted by molar-refractivity contribution is -0.125. The number of carbonyl (C=O) groups excluding carboxylic acids is 1. The van der Waals surface area contributed by atoms with Crippen LogP contribution in [0.15, 0.2) is 18.2 Å². The monoisotopic (exact) mass is 349 g/mol. The summed E-state index contributed by atoms with van der Waals surface area (Å²) in [5.41, 5.74) is 1.41. The largest absolute Gasteiger partial charge is 0.309 e. The minimum atomic E-state index is -0.190. The summed E-state index contributed by atoms with van der Waals surface area (Å²) in [6.45, 7) is 14.6. The van der Waals surface area contributed by atoms with Crippen LogP contribution in [0, 0.1) is 17.2 Å². The summed E-state index contributed by atoms with van der Waals surface area (Å²) in [7, 11) is 0. The van der Waals surface area contributed by atoms with Gasteiger partial charge in [0.1, 0.15) is 5.82 Å². The minimum Gasteiger partial charge on any atom is -0.309 e. The molecule has 1 amide bonds. The Morgan fingerprint density at radius 3 is 2.12 bits per heavy atom. The maximum atomic E-state index is 14.0. The minimum absolute atomic E-state index is 0.0983. The Kier molecular flexibility index (Phi) is 8.11. The molecule has 0 spiro atoms. The van der Waals surface area contributed by atoms with Crippen molar-refractivity contribution in [1.82, 2.24) is 0 Å². The lowest BCUT2D eigenvalue weighted by Gasteiger charge is -2.37. The van der Waals surface area contributed by atoms with Crippen molar-refractivity contribution in [3.63, 3.8) is 0 Å². The van der Waals surface area contributed by atoms with Crippen molar-refractivity contribution in [3.05, 3.63) is 29.6 Å². The van der Waals surface area contributed by atoms with E-state index >= 15 is 0 Å². The first kappa shape index (κ1) is 21.7. The zero-order valence-electron chi connectivity index (χ0n) is 17.2. The molecule has 142 valence electrons. The number of aryl methyl sites for hydroxylation is 1. The first-order valence-electron chi connectivity index (χ1n) is 9.78. The fourth-order valence-corrected chi connectivity index (χ4v) is 3.15. The van der Waals surface area contributed by atoms with Gasteiger partial charge in [0.15, 0.2) is 0 Å². The summed E-state index contributed by atoms with van der Waals surface area (Å²) >= 11 is 0. The number of halogens is 1. The predicted molar refractivity (Wildman–Crippen MR) is 105 cm³/mol. The van der Waals surface area contributed by atoms with Gasteiger partial charge in [-0.1, -0.05) is 61.3 Å². The van der Waals surface area contributed by atoms with Gasteiger partial charge in [-0.05, 0) is 48.4 Å². The van der Waals surface area contributed by atoms with E-state index in [1.807, 2.05) is 24.8 Å². The van der Waals surface area contributed by atoms with E-state index in [1.54, 1.807) is 6.07 Å². The Hall–Kier alpha value is -1.38. The van der Waals surface area contributed by atoms with Crippen LogP contribution in [-0.2, 0) is 11.2 Å². The van der Waals surface area contributed by atoms with Gasteiger partial charge in [0.05, 0.1) is 0 Å². The van der Waals surface area contributed by atoms with Crippen LogP contribution in [0.1, 0.15) is 79.7 Å². The number of hydrogen-bond acceptors (Lipinski definition) is 1. The highest BCUT2D eigenvalue weighted by atomic mass is 19.1.